The van der Waals surface area contributed by atoms with E-state index in [1.807, 2.05) is 35.0 Å². The average molecular weight is 678 g/mol. The van der Waals surface area contributed by atoms with E-state index < -0.39 is 27.5 Å². The van der Waals surface area contributed by atoms with Crippen LogP contribution in [0.5, 0.6) is 5.75 Å². The Kier molecular flexibility index (Phi) is 11.9. The second kappa shape index (κ2) is 14.0. The fourth-order valence-electron chi connectivity index (χ4n) is 6.00. The zero-order valence-corrected chi connectivity index (χ0v) is 31.2. The molecular weight excluding hydrogens is 644 g/mol. The molecule has 0 saturated heterocycles. The molecule has 1 aromatic heterocycles. The number of nitrogens with one attached hydrogen (secondary N) is 1. The van der Waals surface area contributed by atoms with Gasteiger partial charge in [-0.2, -0.15) is 12.7 Å². The number of ether oxygens (including phenoxy) is 1. The second-order valence-electron chi connectivity index (χ2n) is 11.1. The number of nitrogens with zero attached hydrogens (tertiary/aromatic N) is 2. The van der Waals surface area contributed by atoms with Gasteiger partial charge in [-0.25, -0.2) is 4.72 Å². The zero-order valence-electron chi connectivity index (χ0n) is 24.8. The number of amides is 1. The number of benzene rings is 2. The van der Waals surface area contributed by atoms with Crippen molar-refractivity contribution in [2.75, 3.05) is 21.2 Å². The van der Waals surface area contributed by atoms with Crippen LogP contribution in [0.15, 0.2) is 47.1 Å². The van der Waals surface area contributed by atoms with Gasteiger partial charge >= 0.3 is 39.8 Å². The number of carbonyl (C=O) groups excluding carboxylic acids is 2. The van der Waals surface area contributed by atoms with Crippen LogP contribution in [0, 0.1) is 5.41 Å². The van der Waals surface area contributed by atoms with E-state index >= 15 is 0 Å². The first-order valence-electron chi connectivity index (χ1n) is 13.4. The van der Waals surface area contributed by atoms with Crippen molar-refractivity contribution in [1.29, 1.82) is 0 Å². The molecule has 1 N–H and O–H groups in total. The van der Waals surface area contributed by atoms with Gasteiger partial charge in [0, 0.05) is 88.7 Å². The van der Waals surface area contributed by atoms with Crippen molar-refractivity contribution in [2.45, 2.75) is 56.9 Å². The number of fused-ring (bicyclic) bond motifs is 1. The number of aromatic nitrogens is 1. The number of methoxy groups -OCH3 is 1. The van der Waals surface area contributed by atoms with Crippen LogP contribution in [0.1, 0.15) is 71.8 Å². The predicted molar refractivity (Wildman–Crippen MR) is 159 cm³/mol. The quantitative estimate of drug-likeness (QED) is 0.331. The summed E-state index contributed by atoms with van der Waals surface area (Å²) >= 11 is 3.57. The Morgan fingerprint density at radius 2 is 1.81 bits per heavy atom. The molecule has 9 nitrogen and oxygen atoms in total. The molecule has 0 unspecified atom stereocenters. The Morgan fingerprint density at radius 1 is 1.12 bits per heavy atom. The second-order valence-corrected chi connectivity index (χ2v) is 13.8. The minimum absolute atomic E-state index is 0. The van der Waals surface area contributed by atoms with Gasteiger partial charge in [-0.05, 0) is 72.6 Å². The van der Waals surface area contributed by atoms with Crippen LogP contribution in [0.4, 0.5) is 0 Å². The van der Waals surface area contributed by atoms with Gasteiger partial charge in [0.2, 0.25) is 0 Å². The monoisotopic (exact) mass is 676 g/mol. The first kappa shape index (κ1) is 35.6. The van der Waals surface area contributed by atoms with E-state index in [0.29, 0.717) is 23.6 Å². The summed E-state index contributed by atoms with van der Waals surface area (Å²) in [4.78, 5) is 25.6. The number of hydrogen-bond donors (Lipinski definition) is 1. The minimum atomic E-state index is -3.97. The van der Waals surface area contributed by atoms with Crippen molar-refractivity contribution in [1.82, 2.24) is 13.6 Å². The Morgan fingerprint density at radius 3 is 2.43 bits per heavy atom. The maximum absolute atomic E-state index is 12.9. The average Bonchev–Trinajstić information content (AvgIpc) is 3.55. The molecule has 5 rings (SSSR count). The van der Waals surface area contributed by atoms with Crippen LogP contribution < -0.4 is 44.1 Å². The van der Waals surface area contributed by atoms with Crippen molar-refractivity contribution < 1.29 is 57.4 Å². The number of carbonyl (C=O) groups is 2. The third-order valence-electron chi connectivity index (χ3n) is 8.44. The van der Waals surface area contributed by atoms with Gasteiger partial charge in [0.25, 0.3) is 5.91 Å². The Bertz CT molecular complexity index is 1590. The van der Waals surface area contributed by atoms with Gasteiger partial charge in [0.1, 0.15) is 5.75 Å². The number of carboxylic acid groups (broad SMARTS) is 1. The summed E-state index contributed by atoms with van der Waals surface area (Å²) in [5.74, 6) is -1.17. The maximum atomic E-state index is 12.9. The van der Waals surface area contributed by atoms with Crippen LogP contribution in [0.3, 0.4) is 0 Å². The molecule has 215 valence electrons. The maximum Gasteiger partial charge on any atom is 1.00 e. The first-order chi connectivity index (χ1) is 19.0. The van der Waals surface area contributed by atoms with Gasteiger partial charge in [-0.15, -0.1) is 0 Å². The summed E-state index contributed by atoms with van der Waals surface area (Å²) in [5, 5.41) is 13.6. The number of rotatable bonds is 9. The fraction of sp³-hybridized carbons (Fsp3) is 0.448. The molecule has 2 aliphatic carbocycles. The molecule has 2 aromatic carbocycles. The van der Waals surface area contributed by atoms with Gasteiger partial charge < -0.3 is 19.2 Å². The Hall–Kier alpha value is -0.890. The number of hydrogen-bond acceptors (Lipinski definition) is 6. The van der Waals surface area contributed by atoms with E-state index in [1.165, 1.54) is 20.5 Å². The van der Waals surface area contributed by atoms with E-state index in [-0.39, 0.29) is 77.1 Å². The molecule has 3 aromatic rings. The molecule has 2 atom stereocenters. The van der Waals surface area contributed by atoms with Gasteiger partial charge in [0.05, 0.1) is 7.11 Å². The molecule has 13 heteroatoms. The molecule has 1 radical (unpaired) electrons. The SMILES string of the molecule is COc1ccc(Br)c([C@@H]2C[C@@]2(Cn2cc(C3CCCCC3)c3ccc(C(=O)NS(=O)(=O)N(C)C)cc32)C(=O)[O-])c1.[Na+].[Na]. The van der Waals surface area contributed by atoms with Crippen LogP contribution >= 0.6 is 15.9 Å². The molecule has 1 amide bonds. The summed E-state index contributed by atoms with van der Waals surface area (Å²) in [6, 6.07) is 10.7. The van der Waals surface area contributed by atoms with Gasteiger partial charge in [-0.1, -0.05) is 41.3 Å². The van der Waals surface area contributed by atoms with E-state index in [2.05, 4.69) is 20.7 Å². The summed E-state index contributed by atoms with van der Waals surface area (Å²) in [6.07, 6.45) is 8.00. The van der Waals surface area contributed by atoms with Crippen LogP contribution in [0.25, 0.3) is 10.9 Å². The molecule has 1 heterocycles. The fourth-order valence-corrected chi connectivity index (χ4v) is 7.05. The third-order valence-corrected chi connectivity index (χ3v) is 10.6. The predicted octanol–water partition coefficient (Wildman–Crippen LogP) is 0.543. The molecule has 42 heavy (non-hydrogen) atoms. The summed E-state index contributed by atoms with van der Waals surface area (Å²) < 4.78 is 35.7. The number of halogens is 1. The van der Waals surface area contributed by atoms with E-state index in [4.69, 9.17) is 4.74 Å². The molecule has 2 fully saturated rings. The van der Waals surface area contributed by atoms with Crippen LogP contribution in [0.2, 0.25) is 0 Å². The molecule has 0 bridgehead atoms. The molecule has 0 spiro atoms. The molecule has 2 aliphatic rings. The van der Waals surface area contributed by atoms with Crippen LogP contribution in [-0.4, -0.2) is 79.9 Å². The standard InChI is InChI=1S/C29H34BrN3O6S.2Na/c1-32(2)40(37,38)31-27(34)19-9-11-21-23(18-7-5-4-6-8-18)16-33(26(21)13-19)17-29(28(35)36)15-24(29)22-14-20(39-3)10-12-25(22)30;;/h9-14,16,18,24H,4-8,15,17H2,1-3H3,(H,31,34)(H,35,36);;/q;;+1/p-1/t24-,29-;;/m0../s1. The number of aliphatic carboxylic acids is 1. The summed E-state index contributed by atoms with van der Waals surface area (Å²) in [7, 11) is 0.279. The molecular formula is C29H33BrN3Na2O6S. The van der Waals surface area contributed by atoms with Crippen molar-refractivity contribution in [2.24, 2.45) is 5.41 Å². The van der Waals surface area contributed by atoms with Crippen molar-refractivity contribution >= 4 is 78.5 Å². The van der Waals surface area contributed by atoms with Crippen LogP contribution in [-0.2, 0) is 21.5 Å². The van der Waals surface area contributed by atoms with Gasteiger partial charge in [-0.3, -0.25) is 4.79 Å². The van der Waals surface area contributed by atoms with E-state index in [9.17, 15) is 23.1 Å². The summed E-state index contributed by atoms with van der Waals surface area (Å²) in [6.45, 7) is 0.161. The molecule has 0 aliphatic heterocycles. The minimum Gasteiger partial charge on any atom is -0.549 e. The molecule has 2 saturated carbocycles. The van der Waals surface area contributed by atoms with Crippen molar-refractivity contribution in [3.63, 3.8) is 0 Å². The Balaban J connectivity index is 0.00000242. The van der Waals surface area contributed by atoms with E-state index in [0.717, 1.165) is 51.0 Å². The smallest absolute Gasteiger partial charge is 0.549 e. The topological polar surface area (TPSA) is 121 Å². The zero-order chi connectivity index (χ0) is 28.8. The normalized spacial score (nSPS) is 20.5. The van der Waals surface area contributed by atoms with Crippen molar-refractivity contribution in [3.8, 4) is 5.75 Å². The first-order valence-corrected chi connectivity index (χ1v) is 15.6. The van der Waals surface area contributed by atoms with Crippen molar-refractivity contribution in [3.05, 3.63) is 63.8 Å². The van der Waals surface area contributed by atoms with Gasteiger partial charge in [0.15, 0.2) is 0 Å². The third kappa shape index (κ3) is 7.00. The Labute approximate surface area is 299 Å². The number of carboxylic acids is 1. The summed E-state index contributed by atoms with van der Waals surface area (Å²) in [5.41, 5.74) is 1.72. The van der Waals surface area contributed by atoms with E-state index in [1.54, 1.807) is 19.2 Å². The largest absolute Gasteiger partial charge is 1.00 e.